The molecule has 6 heteroatoms. The smallest absolute Gasteiger partial charge is 0.239 e. The fourth-order valence-corrected chi connectivity index (χ4v) is 1.97. The lowest BCUT2D eigenvalue weighted by Gasteiger charge is -2.20. The standard InChI is InChI=1S/C14H21N5O/c1-5-18(4)14(20)11(3)15-7-12-8-16-13-6-10(2)17-19(13)9-12/h6,8-9,11,15H,5,7H2,1-4H3. The molecule has 2 aromatic rings. The molecule has 0 aliphatic heterocycles. The van der Waals surface area contributed by atoms with Crippen LogP contribution in [0, 0.1) is 6.92 Å². The summed E-state index contributed by atoms with van der Waals surface area (Å²) < 4.78 is 1.76. The number of rotatable bonds is 5. The van der Waals surface area contributed by atoms with Gasteiger partial charge in [-0.05, 0) is 20.8 Å². The molecular weight excluding hydrogens is 254 g/mol. The minimum Gasteiger partial charge on any atom is -0.345 e. The fraction of sp³-hybridized carbons (Fsp3) is 0.500. The third-order valence-corrected chi connectivity index (χ3v) is 3.32. The van der Waals surface area contributed by atoms with Crippen molar-refractivity contribution in [3.05, 3.63) is 29.7 Å². The van der Waals surface area contributed by atoms with Gasteiger partial charge in [0.25, 0.3) is 0 Å². The Morgan fingerprint density at radius 1 is 1.55 bits per heavy atom. The molecule has 0 spiro atoms. The van der Waals surface area contributed by atoms with Gasteiger partial charge in [-0.3, -0.25) is 4.79 Å². The van der Waals surface area contributed by atoms with E-state index >= 15 is 0 Å². The van der Waals surface area contributed by atoms with Gasteiger partial charge in [0.2, 0.25) is 5.91 Å². The van der Waals surface area contributed by atoms with E-state index in [0.29, 0.717) is 13.1 Å². The monoisotopic (exact) mass is 275 g/mol. The Kier molecular flexibility index (Phi) is 4.34. The molecule has 1 atom stereocenters. The van der Waals surface area contributed by atoms with E-state index < -0.39 is 0 Å². The first kappa shape index (κ1) is 14.5. The van der Waals surface area contributed by atoms with Gasteiger partial charge in [-0.25, -0.2) is 9.50 Å². The number of aromatic nitrogens is 3. The van der Waals surface area contributed by atoms with Crippen LogP contribution in [0.2, 0.25) is 0 Å². The number of likely N-dealkylation sites (N-methyl/N-ethyl adjacent to an activating group) is 1. The lowest BCUT2D eigenvalue weighted by Crippen LogP contribution is -2.42. The molecule has 1 N–H and O–H groups in total. The molecule has 0 saturated heterocycles. The number of nitrogens with zero attached hydrogens (tertiary/aromatic N) is 4. The Morgan fingerprint density at radius 3 is 3.00 bits per heavy atom. The quantitative estimate of drug-likeness (QED) is 0.884. The maximum Gasteiger partial charge on any atom is 0.239 e. The zero-order chi connectivity index (χ0) is 14.7. The molecule has 108 valence electrons. The van der Waals surface area contributed by atoms with Crippen molar-refractivity contribution in [3.63, 3.8) is 0 Å². The van der Waals surface area contributed by atoms with E-state index in [4.69, 9.17) is 0 Å². The summed E-state index contributed by atoms with van der Waals surface area (Å²) in [6, 6.07) is 1.72. The Balaban J connectivity index is 2.00. The molecule has 20 heavy (non-hydrogen) atoms. The van der Waals surface area contributed by atoms with Crippen LogP contribution < -0.4 is 5.32 Å². The number of hydrogen-bond acceptors (Lipinski definition) is 4. The van der Waals surface area contributed by atoms with Crippen molar-refractivity contribution >= 4 is 11.6 Å². The van der Waals surface area contributed by atoms with Crippen LogP contribution in [0.3, 0.4) is 0 Å². The zero-order valence-electron chi connectivity index (χ0n) is 12.4. The summed E-state index contributed by atoms with van der Waals surface area (Å²) in [7, 11) is 1.81. The molecule has 0 fully saturated rings. The Labute approximate surface area is 118 Å². The molecule has 2 aromatic heterocycles. The second-order valence-electron chi connectivity index (χ2n) is 5.01. The second-order valence-corrected chi connectivity index (χ2v) is 5.01. The summed E-state index contributed by atoms with van der Waals surface area (Å²) in [5.74, 6) is 0.0940. The highest BCUT2D eigenvalue weighted by atomic mass is 16.2. The van der Waals surface area contributed by atoms with Crippen LogP contribution in [-0.4, -0.2) is 45.0 Å². The van der Waals surface area contributed by atoms with Gasteiger partial charge in [0, 0.05) is 44.2 Å². The molecule has 2 heterocycles. The van der Waals surface area contributed by atoms with E-state index in [2.05, 4.69) is 15.4 Å². The maximum absolute atomic E-state index is 11.9. The van der Waals surface area contributed by atoms with E-state index in [0.717, 1.165) is 16.9 Å². The molecule has 1 amide bonds. The van der Waals surface area contributed by atoms with Crippen LogP contribution in [0.15, 0.2) is 18.5 Å². The highest BCUT2D eigenvalue weighted by molar-refractivity contribution is 5.81. The molecule has 0 saturated carbocycles. The van der Waals surface area contributed by atoms with Gasteiger partial charge in [0.1, 0.15) is 0 Å². The fourth-order valence-electron chi connectivity index (χ4n) is 1.97. The summed E-state index contributed by atoms with van der Waals surface area (Å²) in [6.07, 6.45) is 3.74. The van der Waals surface area contributed by atoms with Gasteiger partial charge in [-0.1, -0.05) is 0 Å². The van der Waals surface area contributed by atoms with Crippen molar-refractivity contribution in [2.45, 2.75) is 33.4 Å². The first-order chi connectivity index (χ1) is 9.51. The number of fused-ring (bicyclic) bond motifs is 1. The molecule has 1 unspecified atom stereocenters. The minimum atomic E-state index is -0.213. The van der Waals surface area contributed by atoms with Crippen molar-refractivity contribution in [3.8, 4) is 0 Å². The van der Waals surface area contributed by atoms with Gasteiger partial charge in [-0.2, -0.15) is 5.10 Å². The van der Waals surface area contributed by atoms with Gasteiger partial charge < -0.3 is 10.2 Å². The Morgan fingerprint density at radius 2 is 2.30 bits per heavy atom. The van der Waals surface area contributed by atoms with Crippen LogP contribution >= 0.6 is 0 Å². The lowest BCUT2D eigenvalue weighted by atomic mass is 10.2. The number of carbonyl (C=O) groups excluding carboxylic acids is 1. The summed E-state index contributed by atoms with van der Waals surface area (Å²) in [6.45, 7) is 7.08. The van der Waals surface area contributed by atoms with Crippen LogP contribution in [0.1, 0.15) is 25.1 Å². The van der Waals surface area contributed by atoms with Crippen LogP contribution in [-0.2, 0) is 11.3 Å². The van der Waals surface area contributed by atoms with Crippen LogP contribution in [0.4, 0.5) is 0 Å². The Bertz CT molecular complexity index is 607. The minimum absolute atomic E-state index is 0.0940. The predicted octanol–water partition coefficient (Wildman–Crippen LogP) is 0.994. The Hall–Kier alpha value is -1.95. The summed E-state index contributed by atoms with van der Waals surface area (Å²) >= 11 is 0. The van der Waals surface area contributed by atoms with Gasteiger partial charge in [0.05, 0.1) is 11.7 Å². The summed E-state index contributed by atoms with van der Waals surface area (Å²) in [4.78, 5) is 18.0. The topological polar surface area (TPSA) is 62.5 Å². The van der Waals surface area contributed by atoms with Crippen molar-refractivity contribution in [1.82, 2.24) is 24.8 Å². The summed E-state index contributed by atoms with van der Waals surface area (Å²) in [5, 5.41) is 7.54. The molecule has 2 rings (SSSR count). The van der Waals surface area contributed by atoms with E-state index in [1.54, 1.807) is 16.5 Å². The first-order valence-corrected chi connectivity index (χ1v) is 6.80. The van der Waals surface area contributed by atoms with Crippen LogP contribution in [0.5, 0.6) is 0 Å². The molecule has 6 nitrogen and oxygen atoms in total. The van der Waals surface area contributed by atoms with Gasteiger partial charge in [0.15, 0.2) is 5.65 Å². The molecular formula is C14H21N5O. The number of carbonyl (C=O) groups is 1. The van der Waals surface area contributed by atoms with E-state index in [1.165, 1.54) is 0 Å². The lowest BCUT2D eigenvalue weighted by molar-refractivity contribution is -0.131. The normalized spacial score (nSPS) is 12.6. The van der Waals surface area contributed by atoms with Crippen molar-refractivity contribution in [2.75, 3.05) is 13.6 Å². The van der Waals surface area contributed by atoms with Gasteiger partial charge in [-0.15, -0.1) is 0 Å². The SMILES string of the molecule is CCN(C)C(=O)C(C)NCc1cnc2cc(C)nn2c1. The average molecular weight is 275 g/mol. The number of nitrogens with one attached hydrogen (secondary N) is 1. The van der Waals surface area contributed by atoms with Crippen LogP contribution in [0.25, 0.3) is 5.65 Å². The number of hydrogen-bond donors (Lipinski definition) is 1. The van der Waals surface area contributed by atoms with Crippen molar-refractivity contribution in [2.24, 2.45) is 0 Å². The molecule has 0 aliphatic carbocycles. The van der Waals surface area contributed by atoms with Crippen molar-refractivity contribution in [1.29, 1.82) is 0 Å². The highest BCUT2D eigenvalue weighted by Crippen LogP contribution is 2.05. The number of amides is 1. The van der Waals surface area contributed by atoms with Crippen molar-refractivity contribution < 1.29 is 4.79 Å². The van der Waals surface area contributed by atoms with E-state index in [-0.39, 0.29) is 11.9 Å². The second kappa shape index (κ2) is 6.00. The predicted molar refractivity (Wildman–Crippen MR) is 77.3 cm³/mol. The third kappa shape index (κ3) is 3.14. The molecule has 0 aliphatic rings. The third-order valence-electron chi connectivity index (χ3n) is 3.32. The first-order valence-electron chi connectivity index (χ1n) is 6.80. The largest absolute Gasteiger partial charge is 0.345 e. The maximum atomic E-state index is 11.9. The molecule has 0 aromatic carbocycles. The summed E-state index contributed by atoms with van der Waals surface area (Å²) in [5.41, 5.74) is 2.77. The van der Waals surface area contributed by atoms with Gasteiger partial charge >= 0.3 is 0 Å². The molecule has 0 bridgehead atoms. The zero-order valence-corrected chi connectivity index (χ0v) is 12.4. The highest BCUT2D eigenvalue weighted by Gasteiger charge is 2.15. The molecule has 0 radical (unpaired) electrons. The number of aryl methyl sites for hydroxylation is 1. The average Bonchev–Trinajstić information content (AvgIpc) is 2.82. The van der Waals surface area contributed by atoms with E-state index in [9.17, 15) is 4.79 Å². The van der Waals surface area contributed by atoms with E-state index in [1.807, 2.05) is 39.2 Å².